The molecule has 1 aliphatic heterocycles. The standard InChI is InChI=1S/C30H23ClINO4S/c1-2-36-26-15-20(16-27-29(34)33(30(35)38-27)17-19-7-5-11-23(31)13-19)14-25(32)28(26)37-18-22-10-6-9-21-8-3-4-12-24(21)22/h3-16H,2,17-18H2,1H3/b27-16-. The topological polar surface area (TPSA) is 55.8 Å². The zero-order valence-corrected chi connectivity index (χ0v) is 24.2. The predicted molar refractivity (Wildman–Crippen MR) is 162 cm³/mol. The van der Waals surface area contributed by atoms with Crippen molar-refractivity contribution >= 4 is 73.9 Å². The summed E-state index contributed by atoms with van der Waals surface area (Å²) in [6.07, 6.45) is 1.72. The average molecular weight is 656 g/mol. The van der Waals surface area contributed by atoms with Gasteiger partial charge in [0.2, 0.25) is 0 Å². The fourth-order valence-electron chi connectivity index (χ4n) is 4.25. The minimum absolute atomic E-state index is 0.172. The molecule has 4 aromatic carbocycles. The third-order valence-corrected chi connectivity index (χ3v) is 7.93. The van der Waals surface area contributed by atoms with E-state index in [0.29, 0.717) is 34.6 Å². The molecule has 0 saturated carbocycles. The molecule has 0 atom stereocenters. The molecule has 0 N–H and O–H groups in total. The van der Waals surface area contributed by atoms with E-state index in [1.165, 1.54) is 4.90 Å². The van der Waals surface area contributed by atoms with E-state index >= 15 is 0 Å². The number of carbonyl (C=O) groups excluding carboxylic acids is 2. The Morgan fingerprint density at radius 1 is 0.974 bits per heavy atom. The zero-order chi connectivity index (χ0) is 26.6. The minimum Gasteiger partial charge on any atom is -0.490 e. The van der Waals surface area contributed by atoms with Crippen LogP contribution in [0.3, 0.4) is 0 Å². The molecule has 5 rings (SSSR count). The number of ether oxygens (including phenoxy) is 2. The second-order valence-electron chi connectivity index (χ2n) is 8.59. The van der Waals surface area contributed by atoms with Gasteiger partial charge in [-0.2, -0.15) is 0 Å². The Kier molecular flexibility index (Phi) is 8.26. The van der Waals surface area contributed by atoms with E-state index in [1.807, 2.05) is 43.3 Å². The van der Waals surface area contributed by atoms with Gasteiger partial charge in [0.15, 0.2) is 11.5 Å². The lowest BCUT2D eigenvalue weighted by molar-refractivity contribution is -0.123. The summed E-state index contributed by atoms with van der Waals surface area (Å²) in [4.78, 5) is 27.3. The monoisotopic (exact) mass is 655 g/mol. The second kappa shape index (κ2) is 11.8. The quantitative estimate of drug-likeness (QED) is 0.141. The van der Waals surface area contributed by atoms with E-state index in [0.717, 1.165) is 42.8 Å². The van der Waals surface area contributed by atoms with Gasteiger partial charge >= 0.3 is 0 Å². The lowest BCUT2D eigenvalue weighted by Gasteiger charge is -2.16. The van der Waals surface area contributed by atoms with Crippen LogP contribution < -0.4 is 9.47 Å². The van der Waals surface area contributed by atoms with Crippen molar-refractivity contribution < 1.29 is 19.1 Å². The molecule has 0 radical (unpaired) electrons. The van der Waals surface area contributed by atoms with Crippen molar-refractivity contribution in [3.05, 3.63) is 109 Å². The van der Waals surface area contributed by atoms with Crippen molar-refractivity contribution in [1.82, 2.24) is 4.90 Å². The van der Waals surface area contributed by atoms with Gasteiger partial charge < -0.3 is 9.47 Å². The molecule has 0 unspecified atom stereocenters. The van der Waals surface area contributed by atoms with E-state index in [2.05, 4.69) is 46.9 Å². The molecule has 0 aliphatic carbocycles. The molecule has 4 aromatic rings. The molecule has 1 heterocycles. The maximum atomic E-state index is 13.1. The predicted octanol–water partition coefficient (Wildman–Crippen LogP) is 8.31. The van der Waals surface area contributed by atoms with Crippen molar-refractivity contribution in [3.8, 4) is 11.5 Å². The van der Waals surface area contributed by atoms with Crippen LogP contribution in [-0.4, -0.2) is 22.7 Å². The Morgan fingerprint density at radius 3 is 2.58 bits per heavy atom. The van der Waals surface area contributed by atoms with Crippen molar-refractivity contribution in [2.45, 2.75) is 20.1 Å². The molecule has 1 fully saturated rings. The van der Waals surface area contributed by atoms with Crippen LogP contribution in [0.4, 0.5) is 4.79 Å². The van der Waals surface area contributed by atoms with E-state index in [1.54, 1.807) is 24.3 Å². The largest absolute Gasteiger partial charge is 0.490 e. The number of benzene rings is 4. The summed E-state index contributed by atoms with van der Waals surface area (Å²) in [6.45, 7) is 2.93. The highest BCUT2D eigenvalue weighted by Gasteiger charge is 2.35. The summed E-state index contributed by atoms with van der Waals surface area (Å²) in [6, 6.07) is 25.3. The van der Waals surface area contributed by atoms with Crippen molar-refractivity contribution in [1.29, 1.82) is 0 Å². The SMILES string of the molecule is CCOc1cc(/C=C2\SC(=O)N(Cc3cccc(Cl)c3)C2=O)cc(I)c1OCc1cccc2ccccc12. The fourth-order valence-corrected chi connectivity index (χ4v) is 6.08. The third-order valence-electron chi connectivity index (χ3n) is 5.98. The lowest BCUT2D eigenvalue weighted by atomic mass is 10.1. The first kappa shape index (κ1) is 26.6. The molecule has 0 spiro atoms. The molecule has 192 valence electrons. The Labute approximate surface area is 243 Å². The van der Waals surface area contributed by atoms with Crippen LogP contribution in [0.2, 0.25) is 5.02 Å². The van der Waals surface area contributed by atoms with Gasteiger partial charge in [0.1, 0.15) is 6.61 Å². The molecule has 5 nitrogen and oxygen atoms in total. The molecular formula is C30H23ClINO4S. The number of thioether (sulfide) groups is 1. The summed E-state index contributed by atoms with van der Waals surface area (Å²) in [5.41, 5.74) is 2.63. The average Bonchev–Trinajstić information content (AvgIpc) is 3.15. The maximum Gasteiger partial charge on any atom is 0.293 e. The van der Waals surface area contributed by atoms with Gasteiger partial charge in [-0.25, -0.2) is 0 Å². The van der Waals surface area contributed by atoms with Crippen LogP contribution in [0.5, 0.6) is 11.5 Å². The summed E-state index contributed by atoms with van der Waals surface area (Å²) in [5.74, 6) is 0.903. The van der Waals surface area contributed by atoms with Crippen molar-refractivity contribution in [2.75, 3.05) is 6.61 Å². The molecule has 1 aliphatic rings. The Bertz CT molecular complexity index is 1570. The summed E-state index contributed by atoms with van der Waals surface area (Å²) < 4.78 is 13.0. The molecule has 38 heavy (non-hydrogen) atoms. The molecule has 0 aromatic heterocycles. The Hall–Kier alpha value is -3.01. The van der Waals surface area contributed by atoms with Gasteiger partial charge in [-0.15, -0.1) is 0 Å². The van der Waals surface area contributed by atoms with Crippen LogP contribution in [0, 0.1) is 3.57 Å². The Morgan fingerprint density at radius 2 is 1.76 bits per heavy atom. The highest BCUT2D eigenvalue weighted by molar-refractivity contribution is 14.1. The summed E-state index contributed by atoms with van der Waals surface area (Å²) >= 11 is 9.21. The number of halogens is 2. The zero-order valence-electron chi connectivity index (χ0n) is 20.4. The van der Waals surface area contributed by atoms with Gasteiger partial charge in [-0.3, -0.25) is 14.5 Å². The van der Waals surface area contributed by atoms with Crippen molar-refractivity contribution in [3.63, 3.8) is 0 Å². The van der Waals surface area contributed by atoms with Crippen molar-refractivity contribution in [2.24, 2.45) is 0 Å². The normalized spacial score (nSPS) is 14.5. The van der Waals surface area contributed by atoms with E-state index in [9.17, 15) is 9.59 Å². The number of fused-ring (bicyclic) bond motifs is 1. The van der Waals surface area contributed by atoms with Crippen LogP contribution in [0.1, 0.15) is 23.6 Å². The van der Waals surface area contributed by atoms with Crippen LogP contribution in [0.15, 0.2) is 83.8 Å². The number of imide groups is 1. The lowest BCUT2D eigenvalue weighted by Crippen LogP contribution is -2.27. The van der Waals surface area contributed by atoms with E-state index in [4.69, 9.17) is 21.1 Å². The van der Waals surface area contributed by atoms with Crippen LogP contribution in [-0.2, 0) is 17.9 Å². The highest BCUT2D eigenvalue weighted by atomic mass is 127. The molecule has 0 bridgehead atoms. The van der Waals surface area contributed by atoms with Gasteiger partial charge in [-0.05, 0) is 99.1 Å². The van der Waals surface area contributed by atoms with Gasteiger partial charge in [0.25, 0.3) is 11.1 Å². The first-order valence-electron chi connectivity index (χ1n) is 12.0. The Balaban J connectivity index is 1.38. The first-order valence-corrected chi connectivity index (χ1v) is 14.3. The third kappa shape index (κ3) is 5.85. The van der Waals surface area contributed by atoms with Gasteiger partial charge in [0, 0.05) is 5.02 Å². The number of amides is 2. The fraction of sp³-hybridized carbons (Fsp3) is 0.133. The number of rotatable bonds is 8. The van der Waals surface area contributed by atoms with E-state index in [-0.39, 0.29) is 17.7 Å². The number of nitrogens with zero attached hydrogens (tertiary/aromatic N) is 1. The molecular weight excluding hydrogens is 633 g/mol. The smallest absolute Gasteiger partial charge is 0.293 e. The highest BCUT2D eigenvalue weighted by Crippen LogP contribution is 2.38. The van der Waals surface area contributed by atoms with Gasteiger partial charge in [0.05, 0.1) is 21.6 Å². The van der Waals surface area contributed by atoms with Crippen LogP contribution in [0.25, 0.3) is 16.8 Å². The second-order valence-corrected chi connectivity index (χ2v) is 11.2. The number of carbonyl (C=O) groups is 2. The van der Waals surface area contributed by atoms with Gasteiger partial charge in [-0.1, -0.05) is 66.2 Å². The van der Waals surface area contributed by atoms with E-state index < -0.39 is 0 Å². The maximum absolute atomic E-state index is 13.1. The first-order chi connectivity index (χ1) is 18.4. The summed E-state index contributed by atoms with van der Waals surface area (Å²) in [5, 5.41) is 2.56. The molecule has 2 amide bonds. The molecule has 1 saturated heterocycles. The summed E-state index contributed by atoms with van der Waals surface area (Å²) in [7, 11) is 0. The number of hydrogen-bond acceptors (Lipinski definition) is 5. The van der Waals surface area contributed by atoms with Crippen LogP contribution >= 0.6 is 46.0 Å². The molecule has 8 heteroatoms. The number of hydrogen-bond donors (Lipinski definition) is 0. The minimum atomic E-state index is -0.329.